The van der Waals surface area contributed by atoms with Crippen molar-refractivity contribution < 1.29 is 18.3 Å². The van der Waals surface area contributed by atoms with Gasteiger partial charge in [0.05, 0.1) is 17.5 Å². The van der Waals surface area contributed by atoms with Crippen LogP contribution in [0.3, 0.4) is 0 Å². The summed E-state index contributed by atoms with van der Waals surface area (Å²) in [5.74, 6) is 0.180. The second-order valence-corrected chi connectivity index (χ2v) is 7.14. The molecule has 0 bridgehead atoms. The van der Waals surface area contributed by atoms with Gasteiger partial charge >= 0.3 is 6.18 Å². The molecule has 148 valence electrons. The van der Waals surface area contributed by atoms with Gasteiger partial charge in [0.1, 0.15) is 5.82 Å². The molecule has 0 amide bonds. The number of imidazole rings is 1. The minimum atomic E-state index is -4.35. The fraction of sp³-hybridized carbons (Fsp3) is 0.174. The standard InChI is InChI=1S/C23H19F3N2O/c1-15-12-16(14-22(24,25)26)20-19(13-15)27-21(28-20)23(29,17-8-4-2-5-9-17)18-10-6-3-7-11-18/h2-13,29H,14H2,1H3,(H,27,28). The van der Waals surface area contributed by atoms with Gasteiger partial charge in [0, 0.05) is 0 Å². The first kappa shape index (κ1) is 19.2. The molecule has 3 nitrogen and oxygen atoms in total. The summed E-state index contributed by atoms with van der Waals surface area (Å²) in [4.78, 5) is 7.53. The van der Waals surface area contributed by atoms with Crippen molar-refractivity contribution in [3.8, 4) is 0 Å². The molecule has 4 rings (SSSR count). The molecule has 0 atom stereocenters. The molecule has 3 aromatic carbocycles. The van der Waals surface area contributed by atoms with Crippen molar-refractivity contribution in [3.63, 3.8) is 0 Å². The highest BCUT2D eigenvalue weighted by Crippen LogP contribution is 2.37. The van der Waals surface area contributed by atoms with E-state index in [2.05, 4.69) is 9.97 Å². The molecule has 0 aliphatic rings. The van der Waals surface area contributed by atoms with Gasteiger partial charge in [0.25, 0.3) is 0 Å². The lowest BCUT2D eigenvalue weighted by atomic mass is 9.85. The van der Waals surface area contributed by atoms with Crippen molar-refractivity contribution in [1.82, 2.24) is 9.97 Å². The second kappa shape index (κ2) is 7.04. The number of aromatic nitrogens is 2. The Morgan fingerprint density at radius 1 is 0.897 bits per heavy atom. The van der Waals surface area contributed by atoms with Crippen LogP contribution in [0.5, 0.6) is 0 Å². The van der Waals surface area contributed by atoms with E-state index in [1.54, 1.807) is 61.5 Å². The molecule has 0 saturated heterocycles. The molecular weight excluding hydrogens is 377 g/mol. The minimum Gasteiger partial charge on any atom is -0.373 e. The lowest BCUT2D eigenvalue weighted by molar-refractivity contribution is -0.127. The molecule has 1 heterocycles. The Morgan fingerprint density at radius 3 is 1.97 bits per heavy atom. The van der Waals surface area contributed by atoms with Crippen LogP contribution in [0.2, 0.25) is 0 Å². The molecule has 0 aliphatic heterocycles. The van der Waals surface area contributed by atoms with Crippen LogP contribution < -0.4 is 0 Å². The van der Waals surface area contributed by atoms with E-state index in [-0.39, 0.29) is 16.9 Å². The van der Waals surface area contributed by atoms with Crippen molar-refractivity contribution >= 4 is 11.0 Å². The summed E-state index contributed by atoms with van der Waals surface area (Å²) in [6.45, 7) is 1.74. The quantitative estimate of drug-likeness (QED) is 0.494. The number of rotatable bonds is 4. The first-order chi connectivity index (χ1) is 13.8. The normalized spacial score (nSPS) is 12.4. The number of halogens is 3. The van der Waals surface area contributed by atoms with Gasteiger partial charge in [0.2, 0.25) is 0 Å². The Labute approximate surface area is 165 Å². The number of benzene rings is 3. The first-order valence-corrected chi connectivity index (χ1v) is 9.17. The third-order valence-corrected chi connectivity index (χ3v) is 4.93. The predicted octanol–water partition coefficient (Wildman–Crippen LogP) is 5.26. The van der Waals surface area contributed by atoms with Crippen molar-refractivity contribution in [1.29, 1.82) is 0 Å². The van der Waals surface area contributed by atoms with E-state index in [9.17, 15) is 18.3 Å². The zero-order chi connectivity index (χ0) is 20.6. The van der Waals surface area contributed by atoms with E-state index in [0.29, 0.717) is 22.2 Å². The summed E-state index contributed by atoms with van der Waals surface area (Å²) in [6, 6.07) is 21.1. The average Bonchev–Trinajstić information content (AvgIpc) is 3.12. The van der Waals surface area contributed by atoms with E-state index in [0.717, 1.165) is 0 Å². The van der Waals surface area contributed by atoms with E-state index in [4.69, 9.17) is 0 Å². The maximum atomic E-state index is 13.1. The summed E-state index contributed by atoms with van der Waals surface area (Å²) >= 11 is 0. The fourth-order valence-electron chi connectivity index (χ4n) is 3.67. The zero-order valence-corrected chi connectivity index (χ0v) is 15.7. The van der Waals surface area contributed by atoms with Crippen molar-refractivity contribution in [2.45, 2.75) is 25.1 Å². The van der Waals surface area contributed by atoms with Crippen molar-refractivity contribution in [3.05, 3.63) is 101 Å². The number of aliphatic hydroxyl groups is 1. The highest BCUT2D eigenvalue weighted by atomic mass is 19.4. The molecule has 29 heavy (non-hydrogen) atoms. The molecule has 4 aromatic rings. The van der Waals surface area contributed by atoms with Gasteiger partial charge in [-0.25, -0.2) is 4.98 Å². The molecule has 2 N–H and O–H groups in total. The lowest BCUT2D eigenvalue weighted by Crippen LogP contribution is -2.30. The number of alkyl halides is 3. The number of hydrogen-bond acceptors (Lipinski definition) is 2. The molecule has 6 heteroatoms. The third-order valence-electron chi connectivity index (χ3n) is 4.93. The number of hydrogen-bond donors (Lipinski definition) is 2. The van der Waals surface area contributed by atoms with Crippen LogP contribution in [-0.4, -0.2) is 21.3 Å². The largest absolute Gasteiger partial charge is 0.393 e. The van der Waals surface area contributed by atoms with E-state index in [1.165, 1.54) is 6.07 Å². The third kappa shape index (κ3) is 3.63. The second-order valence-electron chi connectivity index (χ2n) is 7.14. The predicted molar refractivity (Wildman–Crippen MR) is 106 cm³/mol. The Bertz CT molecular complexity index is 1100. The molecule has 0 radical (unpaired) electrons. The molecule has 1 aromatic heterocycles. The van der Waals surface area contributed by atoms with Crippen LogP contribution in [0, 0.1) is 6.92 Å². The maximum Gasteiger partial charge on any atom is 0.393 e. The lowest BCUT2D eigenvalue weighted by Gasteiger charge is -2.27. The topological polar surface area (TPSA) is 48.9 Å². The molecular formula is C23H19F3N2O. The maximum absolute atomic E-state index is 13.1. The van der Waals surface area contributed by atoms with Gasteiger partial charge in [-0.2, -0.15) is 13.2 Å². The van der Waals surface area contributed by atoms with Crippen LogP contribution in [0.4, 0.5) is 13.2 Å². The summed E-state index contributed by atoms with van der Waals surface area (Å²) in [5.41, 5.74) is 0.954. The number of H-pyrrole nitrogens is 1. The van der Waals surface area contributed by atoms with Crippen LogP contribution in [0.1, 0.15) is 28.1 Å². The summed E-state index contributed by atoms with van der Waals surface area (Å²) < 4.78 is 39.3. The van der Waals surface area contributed by atoms with Crippen molar-refractivity contribution in [2.24, 2.45) is 0 Å². The first-order valence-electron chi connectivity index (χ1n) is 9.17. The monoisotopic (exact) mass is 396 g/mol. The van der Waals surface area contributed by atoms with Gasteiger partial charge < -0.3 is 10.1 Å². The van der Waals surface area contributed by atoms with Gasteiger partial charge in [-0.1, -0.05) is 66.7 Å². The van der Waals surface area contributed by atoms with Crippen molar-refractivity contribution in [2.75, 3.05) is 0 Å². The molecule has 0 spiro atoms. The van der Waals surface area contributed by atoms with E-state index < -0.39 is 18.2 Å². The smallest absolute Gasteiger partial charge is 0.373 e. The van der Waals surface area contributed by atoms with Gasteiger partial charge in [0.15, 0.2) is 5.60 Å². The van der Waals surface area contributed by atoms with E-state index in [1.807, 2.05) is 12.1 Å². The van der Waals surface area contributed by atoms with Crippen LogP contribution in [0.15, 0.2) is 72.8 Å². The number of fused-ring (bicyclic) bond motifs is 1. The Hall–Kier alpha value is -3.12. The molecule has 0 saturated carbocycles. The number of nitrogens with one attached hydrogen (secondary N) is 1. The van der Waals surface area contributed by atoms with Crippen LogP contribution >= 0.6 is 0 Å². The molecule has 0 unspecified atom stereocenters. The minimum absolute atomic E-state index is 0.0819. The Kier molecular flexibility index (Phi) is 4.67. The fourth-order valence-corrected chi connectivity index (χ4v) is 3.67. The highest BCUT2D eigenvalue weighted by Gasteiger charge is 2.37. The number of nitrogens with zero attached hydrogens (tertiary/aromatic N) is 1. The van der Waals surface area contributed by atoms with Crippen LogP contribution in [-0.2, 0) is 12.0 Å². The Morgan fingerprint density at radius 2 is 1.45 bits per heavy atom. The van der Waals surface area contributed by atoms with Gasteiger partial charge in [-0.15, -0.1) is 0 Å². The van der Waals surface area contributed by atoms with Crippen LogP contribution in [0.25, 0.3) is 11.0 Å². The van der Waals surface area contributed by atoms with Gasteiger partial charge in [-0.05, 0) is 35.2 Å². The SMILES string of the molecule is Cc1cc(CC(F)(F)F)c2nc(C(O)(c3ccccc3)c3ccccc3)[nH]c2c1. The summed E-state index contributed by atoms with van der Waals surface area (Å²) in [6.07, 6.45) is -5.43. The summed E-state index contributed by atoms with van der Waals surface area (Å²) in [7, 11) is 0. The summed E-state index contributed by atoms with van der Waals surface area (Å²) in [5, 5.41) is 11.8. The van der Waals surface area contributed by atoms with E-state index >= 15 is 0 Å². The molecule has 0 fully saturated rings. The highest BCUT2D eigenvalue weighted by molar-refractivity contribution is 5.80. The number of aromatic amines is 1. The average molecular weight is 396 g/mol. The molecule has 0 aliphatic carbocycles. The Balaban J connectivity index is 1.96. The number of aryl methyl sites for hydroxylation is 1. The van der Waals surface area contributed by atoms with Gasteiger partial charge in [-0.3, -0.25) is 0 Å². The zero-order valence-electron chi connectivity index (χ0n) is 15.7.